The molecule has 0 aliphatic heterocycles. The first-order chi connectivity index (χ1) is 63.0. The van der Waals surface area contributed by atoms with Gasteiger partial charge in [-0.1, -0.05) is 301 Å². The fourth-order valence-corrected chi connectivity index (χ4v) is 25.6. The Morgan fingerprint density at radius 2 is 0.560 bits per heavy atom. The molecule has 0 aliphatic carbocycles. The number of hydrogen-bond acceptors (Lipinski definition) is 17. The molecule has 17 nitrogen and oxygen atoms in total. The van der Waals surface area contributed by atoms with E-state index in [9.17, 15) is 0 Å². The van der Waals surface area contributed by atoms with Crippen LogP contribution in [-0.4, -0.2) is 144 Å². The Balaban J connectivity index is 0.000000258. The molecule has 0 bridgehead atoms. The van der Waals surface area contributed by atoms with Gasteiger partial charge in [-0.05, 0) is 199 Å². The van der Waals surface area contributed by atoms with Gasteiger partial charge in [0.05, 0.1) is 47.2 Å². The van der Waals surface area contributed by atoms with E-state index in [4.69, 9.17) is 56.8 Å². The van der Waals surface area contributed by atoms with E-state index in [0.717, 1.165) is 83.6 Å². The molecule has 10 rings (SSSR count). The predicted octanol–water partition coefficient (Wildman–Crippen LogP) is 17.3. The first kappa shape index (κ1) is 116. The molecule has 10 aromatic rings. The van der Waals surface area contributed by atoms with Crippen molar-refractivity contribution >= 4 is 150 Å². The number of benzene rings is 10. The van der Waals surface area contributed by atoms with Gasteiger partial charge in [0.15, 0.2) is 45.5 Å². The molecule has 734 valence electrons. The van der Waals surface area contributed by atoms with Gasteiger partial charge in [0.25, 0.3) is 0 Å². The minimum Gasteiger partial charge on any atom is -0.497 e. The molecule has 5 N–H and O–H groups in total. The standard InChI is InChI=1S/C25H42NO2PSi2.C22H34NO2PSi.C21H32NO2PSi.2C20H28NO3P/c1-25(2,3)26-17-19-13-11-12-14-21(19)29-22-15-20(30(5,6)7)16-23(31(8,9)10)24(22)28-18-27-4;1-22(2,3)23-15-17-10-8-9-11-20(17)26-21-14-18(27(5,6)7)12-13-19(21)25-16-24-4;1-21(2,3)22-14-16-10-7-8-11-17(16)25-18-12-9-13-19(26(5)6)20(18)24-15-23-4;1-20(2,3)21-13-15-9-6-7-11-17(15)25-18-12-8-10-16(23-5)19(18)24-14-22-4;1-20(2,3)21-13-15-8-6-7-9-18(15)25-19-12-16(23-5)10-11-17(19)24-14-22-4/h11-16,26,29H,17-18H2,1-10H3;8-14,23,26H,15-16H2,1-7H3;7-13,22,25-26H,14-15H2,1-6H3;2*6-12,21,25H,13-14H2,1-5H3. The molecule has 26 heteroatoms. The van der Waals surface area contributed by atoms with E-state index in [1.165, 1.54) is 91.0 Å². The number of hydrogen-bond donors (Lipinski definition) is 5. The molecule has 0 aromatic heterocycles. The third-order valence-corrected chi connectivity index (χ3v) is 35.6. The lowest BCUT2D eigenvalue weighted by Crippen LogP contribution is -2.48. The van der Waals surface area contributed by atoms with Gasteiger partial charge in [0.2, 0.25) is 0 Å². The van der Waals surface area contributed by atoms with Crippen molar-refractivity contribution in [3.63, 3.8) is 0 Å². The molecule has 0 aliphatic rings. The van der Waals surface area contributed by atoms with Crippen molar-refractivity contribution < 1.29 is 56.8 Å². The van der Waals surface area contributed by atoms with Crippen LogP contribution in [0.3, 0.4) is 0 Å². The summed E-state index contributed by atoms with van der Waals surface area (Å²) in [6.45, 7) is 64.8. The highest BCUT2D eigenvalue weighted by atomic mass is 31.1. The van der Waals surface area contributed by atoms with Crippen LogP contribution in [-0.2, 0) is 56.4 Å². The van der Waals surface area contributed by atoms with Gasteiger partial charge in [0, 0.05) is 122 Å². The minimum atomic E-state index is -1.61. The van der Waals surface area contributed by atoms with Crippen LogP contribution in [0.4, 0.5) is 0 Å². The normalized spacial score (nSPS) is 12.4. The molecule has 10 aromatic carbocycles. The van der Waals surface area contributed by atoms with Crippen molar-refractivity contribution in [2.45, 2.75) is 236 Å². The average molecular weight is 1990 g/mol. The highest BCUT2D eigenvalue weighted by Gasteiger charge is 2.30. The number of para-hydroxylation sites is 2. The summed E-state index contributed by atoms with van der Waals surface area (Å²) in [5.41, 5.74) is 7.12. The second kappa shape index (κ2) is 56.0. The molecule has 5 unspecified atom stereocenters. The first-order valence-electron chi connectivity index (χ1n) is 46.4. The Morgan fingerprint density at radius 3 is 0.896 bits per heavy atom. The zero-order valence-corrected chi connectivity index (χ0v) is 96.3. The zero-order valence-electron chi connectivity index (χ0n) is 87.2. The smallest absolute Gasteiger partial charge is 0.188 e. The maximum atomic E-state index is 6.26. The molecule has 0 heterocycles. The third kappa shape index (κ3) is 42.2. The molecule has 0 saturated carbocycles. The van der Waals surface area contributed by atoms with Crippen LogP contribution in [0.25, 0.3) is 0 Å². The van der Waals surface area contributed by atoms with Gasteiger partial charge < -0.3 is 83.4 Å². The SMILES string of the molecule is COCOc1c(OC)cccc1Pc1ccccc1CNC(C)(C)C.COCOc1c(Pc2ccccc2CNC(C)(C)C)cc([Si](C)(C)C)cc1[Si](C)(C)C.COCOc1c(Pc2ccccc2CNC(C)(C)C)cccc1[SiH](C)C.COCOc1ccc(OC)cc1Pc1ccccc1CNC(C)(C)C.COCOc1ccc([Si](C)(C)C)cc1Pc1ccccc1CNC(C)(C)C. The van der Waals surface area contributed by atoms with Gasteiger partial charge in [-0.25, -0.2) is 0 Å². The van der Waals surface area contributed by atoms with Crippen LogP contribution in [0.2, 0.25) is 72.0 Å². The number of rotatable bonds is 41. The molecular formula is C108H164N5O12P5Si4. The third-order valence-electron chi connectivity index (χ3n) is 20.8. The van der Waals surface area contributed by atoms with Crippen molar-refractivity contribution in [3.05, 3.63) is 234 Å². The second-order valence-corrected chi connectivity index (χ2v) is 66.4. The Labute approximate surface area is 821 Å². The molecule has 0 spiro atoms. The van der Waals surface area contributed by atoms with E-state index in [1.807, 2.05) is 30.3 Å². The quantitative estimate of drug-likeness (QED) is 0.0139. The van der Waals surface area contributed by atoms with Crippen molar-refractivity contribution in [2.75, 3.05) is 83.7 Å². The van der Waals surface area contributed by atoms with Crippen LogP contribution in [0.1, 0.15) is 132 Å². The Morgan fingerprint density at radius 1 is 0.261 bits per heavy atom. The number of nitrogens with one attached hydrogen (secondary N) is 5. The molecule has 5 atom stereocenters. The molecular weight excluding hydrogens is 1830 g/mol. The van der Waals surface area contributed by atoms with Gasteiger partial charge in [-0.15, -0.1) is 0 Å². The summed E-state index contributed by atoms with van der Waals surface area (Å²) in [4.78, 5) is 0. The van der Waals surface area contributed by atoms with E-state index >= 15 is 0 Å². The van der Waals surface area contributed by atoms with Crippen LogP contribution >= 0.6 is 42.9 Å². The van der Waals surface area contributed by atoms with Crippen LogP contribution in [0.15, 0.2) is 206 Å². The van der Waals surface area contributed by atoms with Crippen molar-refractivity contribution in [2.24, 2.45) is 0 Å². The molecule has 0 radical (unpaired) electrons. The zero-order chi connectivity index (χ0) is 99.3. The van der Waals surface area contributed by atoms with Crippen molar-refractivity contribution in [3.8, 4) is 40.2 Å². The second-order valence-electron chi connectivity index (χ2n) is 41.6. The molecule has 0 saturated heterocycles. The maximum Gasteiger partial charge on any atom is 0.188 e. The predicted molar refractivity (Wildman–Crippen MR) is 598 cm³/mol. The van der Waals surface area contributed by atoms with E-state index in [2.05, 4.69) is 378 Å². The lowest BCUT2D eigenvalue weighted by Gasteiger charge is -2.28. The maximum absolute atomic E-state index is 6.26. The minimum absolute atomic E-state index is 0.0823. The monoisotopic (exact) mass is 1990 g/mol. The highest BCUT2D eigenvalue weighted by molar-refractivity contribution is 7.57. The summed E-state index contributed by atoms with van der Waals surface area (Å²) < 4.78 is 66.2. The summed E-state index contributed by atoms with van der Waals surface area (Å²) in [5, 5.41) is 36.5. The van der Waals surface area contributed by atoms with Gasteiger partial charge in [-0.3, -0.25) is 0 Å². The lowest BCUT2D eigenvalue weighted by atomic mass is 10.1. The summed E-state index contributed by atoms with van der Waals surface area (Å²) >= 11 is 0. The van der Waals surface area contributed by atoms with Crippen molar-refractivity contribution in [1.82, 2.24) is 26.6 Å². The topological polar surface area (TPSA) is 171 Å². The summed E-state index contributed by atoms with van der Waals surface area (Å²) in [7, 11) is 8.79. The molecule has 0 fully saturated rings. The van der Waals surface area contributed by atoms with Crippen LogP contribution < -0.4 is 134 Å². The lowest BCUT2D eigenvalue weighted by molar-refractivity contribution is 0.0499. The van der Waals surface area contributed by atoms with E-state index in [0.29, 0.717) is 49.7 Å². The largest absolute Gasteiger partial charge is 0.497 e. The van der Waals surface area contributed by atoms with Crippen LogP contribution in [0.5, 0.6) is 40.2 Å². The average Bonchev–Trinajstić information content (AvgIpc) is 0.771. The molecule has 134 heavy (non-hydrogen) atoms. The fourth-order valence-electron chi connectivity index (χ4n) is 13.2. The van der Waals surface area contributed by atoms with E-state index < -0.39 is 33.0 Å². The Kier molecular flexibility index (Phi) is 48.5. The Bertz CT molecular complexity index is 5130. The van der Waals surface area contributed by atoms with E-state index in [-0.39, 0.29) is 54.9 Å². The summed E-state index contributed by atoms with van der Waals surface area (Å²) in [5.74, 6) is 6.16. The summed E-state index contributed by atoms with van der Waals surface area (Å²) in [6.07, 6.45) is 0. The Hall–Kier alpha value is -6.58. The highest BCUT2D eigenvalue weighted by Crippen LogP contribution is 2.33. The summed E-state index contributed by atoms with van der Waals surface area (Å²) in [6, 6.07) is 73.3. The first-order valence-corrected chi connectivity index (χ1v) is 64.8. The van der Waals surface area contributed by atoms with Gasteiger partial charge >= 0.3 is 0 Å². The van der Waals surface area contributed by atoms with Gasteiger partial charge in [0.1, 0.15) is 28.7 Å². The number of ether oxygens (including phenoxy) is 12. The molecule has 0 amide bonds. The van der Waals surface area contributed by atoms with Crippen molar-refractivity contribution in [1.29, 1.82) is 0 Å². The van der Waals surface area contributed by atoms with E-state index in [1.54, 1.807) is 49.8 Å². The van der Waals surface area contributed by atoms with Gasteiger partial charge in [-0.2, -0.15) is 0 Å². The number of methoxy groups -OCH3 is 7. The van der Waals surface area contributed by atoms with Crippen LogP contribution in [0, 0.1) is 0 Å². The fraction of sp³-hybridized carbons (Fsp3) is 0.444.